The molecule has 18 heavy (non-hydrogen) atoms. The monoisotopic (exact) mass is 256 g/mol. The van der Waals surface area contributed by atoms with Crippen molar-refractivity contribution in [2.75, 3.05) is 32.9 Å². The first-order valence-electron chi connectivity index (χ1n) is 6.21. The van der Waals surface area contributed by atoms with Crippen molar-refractivity contribution in [1.29, 1.82) is 0 Å². The van der Waals surface area contributed by atoms with Crippen LogP contribution < -0.4 is 5.32 Å². The Morgan fingerprint density at radius 3 is 2.67 bits per heavy atom. The van der Waals surface area contributed by atoms with Crippen molar-refractivity contribution in [1.82, 2.24) is 10.2 Å². The zero-order valence-corrected chi connectivity index (χ0v) is 10.2. The van der Waals surface area contributed by atoms with E-state index in [1.54, 1.807) is 6.07 Å². The molecule has 0 bridgehead atoms. The highest BCUT2D eigenvalue weighted by atomic mass is 19.1. The van der Waals surface area contributed by atoms with Crippen molar-refractivity contribution in [2.45, 2.75) is 12.5 Å². The first-order valence-corrected chi connectivity index (χ1v) is 6.21. The smallest absolute Gasteiger partial charge is 0.131 e. The van der Waals surface area contributed by atoms with Crippen LogP contribution >= 0.6 is 0 Å². The van der Waals surface area contributed by atoms with E-state index in [0.29, 0.717) is 5.56 Å². The molecule has 1 aromatic rings. The summed E-state index contributed by atoms with van der Waals surface area (Å²) in [7, 11) is 0. The molecule has 2 rings (SSSR count). The average molecular weight is 256 g/mol. The quantitative estimate of drug-likeness (QED) is 0.863. The van der Waals surface area contributed by atoms with Gasteiger partial charge in [0.15, 0.2) is 0 Å². The minimum Gasteiger partial charge on any atom is -0.508 e. The second-order valence-corrected chi connectivity index (χ2v) is 4.49. The van der Waals surface area contributed by atoms with Crippen molar-refractivity contribution < 1.29 is 13.9 Å². The first-order chi connectivity index (χ1) is 8.72. The van der Waals surface area contributed by atoms with E-state index in [1.807, 2.05) is 0 Å². The van der Waals surface area contributed by atoms with E-state index in [2.05, 4.69) is 10.2 Å². The highest BCUT2D eigenvalue weighted by molar-refractivity contribution is 5.30. The molecule has 0 spiro atoms. The predicted molar refractivity (Wildman–Crippen MR) is 65.8 cm³/mol. The van der Waals surface area contributed by atoms with E-state index in [4.69, 9.17) is 0 Å². The van der Waals surface area contributed by atoms with Crippen LogP contribution in [0.3, 0.4) is 0 Å². The first kappa shape index (κ1) is 13.2. The van der Waals surface area contributed by atoms with E-state index >= 15 is 0 Å². The second-order valence-electron chi connectivity index (χ2n) is 4.49. The Morgan fingerprint density at radius 1 is 1.33 bits per heavy atom. The lowest BCUT2D eigenvalue weighted by molar-refractivity contribution is 0.154. The van der Waals surface area contributed by atoms with Gasteiger partial charge in [0.25, 0.3) is 0 Å². The summed E-state index contributed by atoms with van der Waals surface area (Å²) in [5.74, 6) is -0.567. The Balaban J connectivity index is 2.22. The Hall–Kier alpha value is -1.20. The summed E-state index contributed by atoms with van der Waals surface area (Å²) in [5, 5.41) is 12.4. The van der Waals surface area contributed by atoms with Gasteiger partial charge in [0.2, 0.25) is 0 Å². The molecule has 1 aliphatic heterocycles. The molecule has 0 saturated carbocycles. The fourth-order valence-electron chi connectivity index (χ4n) is 2.42. The van der Waals surface area contributed by atoms with Gasteiger partial charge in [-0.3, -0.25) is 9.29 Å². The van der Waals surface area contributed by atoms with Crippen LogP contribution in [-0.2, 0) is 0 Å². The Labute approximate surface area is 105 Å². The molecule has 0 radical (unpaired) electrons. The maximum atomic E-state index is 13.9. The van der Waals surface area contributed by atoms with Gasteiger partial charge in [-0.05, 0) is 12.5 Å². The van der Waals surface area contributed by atoms with Crippen LogP contribution in [0.15, 0.2) is 18.2 Å². The van der Waals surface area contributed by atoms with Gasteiger partial charge < -0.3 is 10.4 Å². The van der Waals surface area contributed by atoms with Crippen LogP contribution in [0.25, 0.3) is 0 Å². The van der Waals surface area contributed by atoms with E-state index in [1.165, 1.54) is 6.07 Å². The van der Waals surface area contributed by atoms with Gasteiger partial charge in [-0.2, -0.15) is 0 Å². The van der Waals surface area contributed by atoms with Gasteiger partial charge in [-0.1, -0.05) is 6.07 Å². The van der Waals surface area contributed by atoms with Crippen LogP contribution in [0, 0.1) is 5.82 Å². The van der Waals surface area contributed by atoms with E-state index in [-0.39, 0.29) is 18.2 Å². The maximum absolute atomic E-state index is 13.9. The molecule has 5 heteroatoms. The van der Waals surface area contributed by atoms with Crippen molar-refractivity contribution in [3.8, 4) is 5.75 Å². The summed E-state index contributed by atoms with van der Waals surface area (Å²) in [6, 6.07) is 3.83. The van der Waals surface area contributed by atoms with Gasteiger partial charge in [-0.25, -0.2) is 4.39 Å². The normalized spacial score (nSPS) is 18.8. The summed E-state index contributed by atoms with van der Waals surface area (Å²) < 4.78 is 26.5. The standard InChI is InChI=1S/C13H18F2N2O/c14-4-3-13(17-7-5-16-6-8-17)11-2-1-10(18)9-12(11)15/h1-2,9,13,16,18H,3-8H2/t13-/m1/s1. The van der Waals surface area contributed by atoms with Crippen LogP contribution in [0.5, 0.6) is 5.75 Å². The number of phenols is 1. The molecule has 3 nitrogen and oxygen atoms in total. The molecule has 1 saturated heterocycles. The molecule has 1 aliphatic rings. The number of phenolic OH excluding ortho intramolecular Hbond substituents is 1. The molecule has 0 amide bonds. The summed E-state index contributed by atoms with van der Waals surface area (Å²) in [4.78, 5) is 2.09. The lowest BCUT2D eigenvalue weighted by atomic mass is 10.0. The Kier molecular flexibility index (Phi) is 4.49. The number of hydrogen-bond donors (Lipinski definition) is 2. The number of alkyl halides is 1. The van der Waals surface area contributed by atoms with E-state index in [0.717, 1.165) is 32.2 Å². The lowest BCUT2D eigenvalue weighted by Crippen LogP contribution is -2.45. The summed E-state index contributed by atoms with van der Waals surface area (Å²) in [6.45, 7) is 2.76. The summed E-state index contributed by atoms with van der Waals surface area (Å²) in [6.07, 6.45) is 0.279. The molecule has 2 N–H and O–H groups in total. The molecular formula is C13H18F2N2O. The average Bonchev–Trinajstić information content (AvgIpc) is 2.38. The van der Waals surface area contributed by atoms with Crippen LogP contribution in [-0.4, -0.2) is 42.9 Å². The largest absolute Gasteiger partial charge is 0.508 e. The molecule has 100 valence electrons. The van der Waals surface area contributed by atoms with Crippen molar-refractivity contribution in [3.63, 3.8) is 0 Å². The number of benzene rings is 1. The van der Waals surface area contributed by atoms with Crippen molar-refractivity contribution in [2.24, 2.45) is 0 Å². The third-order valence-corrected chi connectivity index (χ3v) is 3.32. The molecule has 0 aromatic heterocycles. The van der Waals surface area contributed by atoms with E-state index < -0.39 is 12.5 Å². The fourth-order valence-corrected chi connectivity index (χ4v) is 2.42. The highest BCUT2D eigenvalue weighted by Gasteiger charge is 2.24. The number of piperazine rings is 1. The second kappa shape index (κ2) is 6.11. The number of hydrogen-bond acceptors (Lipinski definition) is 3. The third-order valence-electron chi connectivity index (χ3n) is 3.32. The third kappa shape index (κ3) is 2.97. The van der Waals surface area contributed by atoms with E-state index in [9.17, 15) is 13.9 Å². The molecular weight excluding hydrogens is 238 g/mol. The van der Waals surface area contributed by atoms with Crippen LogP contribution in [0.2, 0.25) is 0 Å². The Morgan fingerprint density at radius 2 is 2.06 bits per heavy atom. The minimum atomic E-state index is -0.477. The van der Waals surface area contributed by atoms with Gasteiger partial charge in [0.05, 0.1) is 6.67 Å². The number of rotatable bonds is 4. The maximum Gasteiger partial charge on any atom is 0.131 e. The molecule has 1 aromatic carbocycles. The SMILES string of the molecule is Oc1ccc([C@@H](CCF)N2CCNCC2)c(F)c1. The summed E-state index contributed by atoms with van der Waals surface area (Å²) in [5.41, 5.74) is 0.465. The Bertz CT molecular complexity index is 395. The van der Waals surface area contributed by atoms with Crippen LogP contribution in [0.4, 0.5) is 8.78 Å². The molecule has 1 heterocycles. The fraction of sp³-hybridized carbons (Fsp3) is 0.538. The zero-order chi connectivity index (χ0) is 13.0. The van der Waals surface area contributed by atoms with Crippen molar-refractivity contribution in [3.05, 3.63) is 29.6 Å². The highest BCUT2D eigenvalue weighted by Crippen LogP contribution is 2.29. The molecule has 0 unspecified atom stereocenters. The number of nitrogens with one attached hydrogen (secondary N) is 1. The molecule has 1 fully saturated rings. The molecule has 1 atom stereocenters. The van der Waals surface area contributed by atoms with Gasteiger partial charge in [0.1, 0.15) is 11.6 Å². The van der Waals surface area contributed by atoms with Crippen LogP contribution in [0.1, 0.15) is 18.0 Å². The number of halogens is 2. The van der Waals surface area contributed by atoms with Crippen molar-refractivity contribution >= 4 is 0 Å². The lowest BCUT2D eigenvalue weighted by Gasteiger charge is -2.35. The topological polar surface area (TPSA) is 35.5 Å². The van der Waals surface area contributed by atoms with Gasteiger partial charge in [0, 0.05) is 43.9 Å². The number of aromatic hydroxyl groups is 1. The van der Waals surface area contributed by atoms with Gasteiger partial charge >= 0.3 is 0 Å². The number of nitrogens with zero attached hydrogens (tertiary/aromatic N) is 1. The minimum absolute atomic E-state index is 0.101. The zero-order valence-electron chi connectivity index (χ0n) is 10.2. The predicted octanol–water partition coefficient (Wildman–Crippen LogP) is 1.84. The van der Waals surface area contributed by atoms with Gasteiger partial charge in [-0.15, -0.1) is 0 Å². The molecule has 0 aliphatic carbocycles. The summed E-state index contributed by atoms with van der Waals surface area (Å²) >= 11 is 0.